The second-order valence-electron chi connectivity index (χ2n) is 6.69. The Labute approximate surface area is 190 Å². The van der Waals surface area contributed by atoms with Crippen molar-refractivity contribution in [1.29, 1.82) is 0 Å². The summed E-state index contributed by atoms with van der Waals surface area (Å²) in [6, 6.07) is 18.2. The Morgan fingerprint density at radius 3 is 2.74 bits per heavy atom. The van der Waals surface area contributed by atoms with E-state index in [4.69, 9.17) is 11.6 Å². The van der Waals surface area contributed by atoms with E-state index < -0.39 is 10.2 Å². The molecule has 1 heterocycles. The Balaban J connectivity index is 1.69. The van der Waals surface area contributed by atoms with Crippen LogP contribution in [0.15, 0.2) is 71.1 Å². The number of halogens is 1. The maximum atomic E-state index is 13.0. The predicted octanol–water partition coefficient (Wildman–Crippen LogP) is 6.67. The lowest BCUT2D eigenvalue weighted by molar-refractivity contribution is -0.384. The number of thioether (sulfide) groups is 1. The lowest BCUT2D eigenvalue weighted by Crippen LogP contribution is -2.06. The number of ketones is 1. The molecule has 1 N–H and O–H groups in total. The zero-order valence-corrected chi connectivity index (χ0v) is 18.3. The number of phenolic OH excluding ortho intramolecular Hbond substituents is 1. The number of aromatic hydroxyl groups is 1. The summed E-state index contributed by atoms with van der Waals surface area (Å²) in [5, 5.41) is 21.3. The Kier molecular flexibility index (Phi) is 6.22. The molecule has 0 fully saturated rings. The normalized spacial score (nSPS) is 12.0. The third kappa shape index (κ3) is 4.87. The lowest BCUT2D eigenvalue weighted by Gasteiger charge is -2.15. The van der Waals surface area contributed by atoms with Crippen LogP contribution in [0.5, 0.6) is 5.75 Å². The number of fused-ring (bicyclic) bond motifs is 1. The predicted molar refractivity (Wildman–Crippen MR) is 123 cm³/mol. The van der Waals surface area contributed by atoms with Crippen molar-refractivity contribution >= 4 is 56.4 Å². The highest BCUT2D eigenvalue weighted by molar-refractivity contribution is 8.01. The molecule has 0 saturated heterocycles. The average molecular weight is 471 g/mol. The van der Waals surface area contributed by atoms with Crippen LogP contribution in [-0.4, -0.2) is 20.8 Å². The number of nitrogens with zero attached hydrogens (tertiary/aromatic N) is 2. The highest BCUT2D eigenvalue weighted by atomic mass is 35.5. The zero-order valence-electron chi connectivity index (χ0n) is 15.9. The van der Waals surface area contributed by atoms with Crippen molar-refractivity contribution in [3.8, 4) is 5.75 Å². The summed E-state index contributed by atoms with van der Waals surface area (Å²) in [5.41, 5.74) is 1.55. The molecule has 0 aliphatic heterocycles. The number of rotatable bonds is 7. The number of non-ortho nitro benzene ring substituents is 1. The van der Waals surface area contributed by atoms with E-state index in [0.717, 1.165) is 14.6 Å². The fourth-order valence-corrected chi connectivity index (χ4v) is 5.69. The van der Waals surface area contributed by atoms with Crippen LogP contribution in [0, 0.1) is 10.1 Å². The van der Waals surface area contributed by atoms with Crippen molar-refractivity contribution in [3.63, 3.8) is 0 Å². The number of thiazole rings is 1. The molecule has 1 aromatic heterocycles. The van der Waals surface area contributed by atoms with Gasteiger partial charge in [-0.05, 0) is 35.9 Å². The van der Waals surface area contributed by atoms with Gasteiger partial charge in [-0.15, -0.1) is 11.3 Å². The topological polar surface area (TPSA) is 93.3 Å². The number of aromatic nitrogens is 1. The zero-order chi connectivity index (χ0) is 22.0. The summed E-state index contributed by atoms with van der Waals surface area (Å²) in [4.78, 5) is 28.4. The summed E-state index contributed by atoms with van der Waals surface area (Å²) >= 11 is 8.86. The van der Waals surface area contributed by atoms with Crippen molar-refractivity contribution in [2.24, 2.45) is 0 Å². The van der Waals surface area contributed by atoms with E-state index in [0.29, 0.717) is 10.6 Å². The van der Waals surface area contributed by atoms with Gasteiger partial charge >= 0.3 is 0 Å². The molecule has 0 amide bonds. The largest absolute Gasteiger partial charge is 0.507 e. The molecular formula is C22H15ClN2O4S2. The first-order valence-corrected chi connectivity index (χ1v) is 11.3. The van der Waals surface area contributed by atoms with Gasteiger partial charge in [-0.25, -0.2) is 4.98 Å². The Bertz CT molecular complexity index is 1260. The van der Waals surface area contributed by atoms with E-state index in [1.54, 1.807) is 12.1 Å². The fraction of sp³-hybridized carbons (Fsp3) is 0.0909. The van der Waals surface area contributed by atoms with Crippen LogP contribution in [0.2, 0.25) is 5.02 Å². The molecule has 0 aliphatic rings. The first-order chi connectivity index (χ1) is 14.9. The monoisotopic (exact) mass is 470 g/mol. The minimum absolute atomic E-state index is 0.00959. The number of phenols is 1. The molecule has 156 valence electrons. The van der Waals surface area contributed by atoms with Gasteiger partial charge in [0, 0.05) is 28.8 Å². The Hall–Kier alpha value is -2.94. The van der Waals surface area contributed by atoms with Crippen LogP contribution >= 0.6 is 34.7 Å². The highest BCUT2D eigenvalue weighted by Crippen LogP contribution is 2.42. The third-order valence-corrected chi connectivity index (χ3v) is 7.22. The number of para-hydroxylation sites is 1. The van der Waals surface area contributed by atoms with E-state index in [9.17, 15) is 20.0 Å². The van der Waals surface area contributed by atoms with Crippen LogP contribution in [0.1, 0.15) is 27.6 Å². The van der Waals surface area contributed by atoms with Crippen LogP contribution in [0.4, 0.5) is 5.69 Å². The van der Waals surface area contributed by atoms with Crippen molar-refractivity contribution < 1.29 is 14.8 Å². The number of carbonyl (C=O) groups excluding carboxylic acids is 1. The lowest BCUT2D eigenvalue weighted by atomic mass is 10.0. The summed E-state index contributed by atoms with van der Waals surface area (Å²) in [6.07, 6.45) is 0.00959. The molecular weight excluding hydrogens is 456 g/mol. The Morgan fingerprint density at radius 1 is 1.16 bits per heavy atom. The van der Waals surface area contributed by atoms with Crippen molar-refractivity contribution in [2.75, 3.05) is 0 Å². The van der Waals surface area contributed by atoms with Crippen molar-refractivity contribution in [2.45, 2.75) is 16.0 Å². The van der Waals surface area contributed by atoms with Crippen molar-refractivity contribution in [3.05, 3.63) is 93.0 Å². The second kappa shape index (κ2) is 9.05. The van der Waals surface area contributed by atoms with Gasteiger partial charge in [-0.3, -0.25) is 14.9 Å². The first kappa shape index (κ1) is 21.3. The number of benzene rings is 3. The third-order valence-electron chi connectivity index (χ3n) is 4.60. The number of carbonyl (C=O) groups is 1. The van der Waals surface area contributed by atoms with Gasteiger partial charge < -0.3 is 5.11 Å². The van der Waals surface area contributed by atoms with Gasteiger partial charge in [-0.1, -0.05) is 47.6 Å². The van der Waals surface area contributed by atoms with Crippen LogP contribution in [0.25, 0.3) is 10.2 Å². The van der Waals surface area contributed by atoms with Gasteiger partial charge in [0.2, 0.25) is 0 Å². The Morgan fingerprint density at radius 2 is 1.97 bits per heavy atom. The van der Waals surface area contributed by atoms with Gasteiger partial charge in [0.1, 0.15) is 5.75 Å². The molecule has 9 heteroatoms. The number of hydrogen-bond donors (Lipinski definition) is 1. The van der Waals surface area contributed by atoms with E-state index in [-0.39, 0.29) is 29.2 Å². The molecule has 4 aromatic rings. The summed E-state index contributed by atoms with van der Waals surface area (Å²) in [7, 11) is 0. The molecule has 0 spiro atoms. The maximum Gasteiger partial charge on any atom is 0.269 e. The molecule has 0 radical (unpaired) electrons. The van der Waals surface area contributed by atoms with E-state index >= 15 is 0 Å². The van der Waals surface area contributed by atoms with E-state index in [2.05, 4.69) is 4.98 Å². The van der Waals surface area contributed by atoms with Crippen molar-refractivity contribution in [1.82, 2.24) is 4.98 Å². The van der Waals surface area contributed by atoms with E-state index in [1.165, 1.54) is 53.4 Å². The number of nitro groups is 1. The van der Waals surface area contributed by atoms with Crippen LogP contribution < -0.4 is 0 Å². The second-order valence-corrected chi connectivity index (χ2v) is 9.61. The molecule has 0 aliphatic carbocycles. The highest BCUT2D eigenvalue weighted by Gasteiger charge is 2.24. The quantitative estimate of drug-likeness (QED) is 0.140. The fourth-order valence-electron chi connectivity index (χ4n) is 3.10. The summed E-state index contributed by atoms with van der Waals surface area (Å²) in [6.45, 7) is 0. The van der Waals surface area contributed by atoms with Gasteiger partial charge in [0.15, 0.2) is 10.1 Å². The molecule has 4 rings (SSSR count). The van der Waals surface area contributed by atoms with Crippen LogP contribution in [-0.2, 0) is 0 Å². The molecule has 1 atom stereocenters. The van der Waals surface area contributed by atoms with Gasteiger partial charge in [0.05, 0.1) is 20.7 Å². The average Bonchev–Trinajstić information content (AvgIpc) is 3.17. The van der Waals surface area contributed by atoms with Gasteiger partial charge in [0.25, 0.3) is 5.69 Å². The molecule has 0 saturated carbocycles. The number of hydrogen-bond acceptors (Lipinski definition) is 7. The molecule has 1 unspecified atom stereocenters. The number of nitro benzene ring substituents is 1. The molecule has 31 heavy (non-hydrogen) atoms. The molecule has 3 aromatic carbocycles. The first-order valence-electron chi connectivity index (χ1n) is 9.19. The molecule has 6 nitrogen and oxygen atoms in total. The standard InChI is InChI=1S/C22H15ClN2O4S2/c23-14-8-9-18(26)16(11-14)19(27)12-21(13-4-3-5-15(10-13)25(28)29)31-22-24-17-6-1-2-7-20(17)30-22/h1-11,21,26H,12H2. The minimum atomic E-state index is -0.465. The van der Waals surface area contributed by atoms with Crippen LogP contribution in [0.3, 0.4) is 0 Å². The van der Waals surface area contributed by atoms with E-state index in [1.807, 2.05) is 24.3 Å². The van der Waals surface area contributed by atoms with Gasteiger partial charge in [-0.2, -0.15) is 0 Å². The smallest absolute Gasteiger partial charge is 0.269 e. The SMILES string of the molecule is O=C(CC(Sc1nc2ccccc2s1)c1cccc([N+](=O)[O-])c1)c1cc(Cl)ccc1O. The summed E-state index contributed by atoms with van der Waals surface area (Å²) < 4.78 is 1.77. The maximum absolute atomic E-state index is 13.0. The summed E-state index contributed by atoms with van der Waals surface area (Å²) in [5.74, 6) is -0.470. The number of Topliss-reactive ketones (excluding diaryl/α,β-unsaturated/α-hetero) is 1. The minimum Gasteiger partial charge on any atom is -0.507 e. The molecule has 0 bridgehead atoms.